The van der Waals surface area contributed by atoms with Crippen LogP contribution in [0, 0.1) is 13.8 Å². The third-order valence-corrected chi connectivity index (χ3v) is 5.80. The van der Waals surface area contributed by atoms with E-state index < -0.39 is 0 Å². The van der Waals surface area contributed by atoms with Crippen molar-refractivity contribution in [2.45, 2.75) is 20.4 Å². The Hall–Kier alpha value is -2.84. The van der Waals surface area contributed by atoms with Gasteiger partial charge in [0.15, 0.2) is 5.13 Å². The summed E-state index contributed by atoms with van der Waals surface area (Å²) in [6, 6.07) is 6.15. The number of aromatic nitrogens is 3. The minimum atomic E-state index is -0.309. The standard InChI is InChI=1S/C19H16N4O2S2/c1-11-3-4-13(12(2)7-11)14-9-27-17-16(14)18(25)23(10-21-17)8-15(24)22-19-20-5-6-26-19/h3-7,9-10H,8H2,1-2H3,(H,20,22,24). The number of rotatable bonds is 4. The minimum absolute atomic E-state index is 0.108. The summed E-state index contributed by atoms with van der Waals surface area (Å²) >= 11 is 2.76. The first-order chi connectivity index (χ1) is 13.0. The first kappa shape index (κ1) is 17.6. The summed E-state index contributed by atoms with van der Waals surface area (Å²) in [5, 5.41) is 7.47. The van der Waals surface area contributed by atoms with E-state index in [1.54, 1.807) is 11.6 Å². The van der Waals surface area contributed by atoms with Crippen LogP contribution in [0.25, 0.3) is 21.3 Å². The van der Waals surface area contributed by atoms with E-state index in [2.05, 4.69) is 21.4 Å². The van der Waals surface area contributed by atoms with Gasteiger partial charge in [0.1, 0.15) is 11.4 Å². The SMILES string of the molecule is Cc1ccc(-c2csc3ncn(CC(=O)Nc4nccs4)c(=O)c23)c(C)c1. The Morgan fingerprint density at radius 1 is 1.19 bits per heavy atom. The summed E-state index contributed by atoms with van der Waals surface area (Å²) in [6.45, 7) is 3.96. The zero-order valence-corrected chi connectivity index (χ0v) is 16.4. The molecule has 27 heavy (non-hydrogen) atoms. The van der Waals surface area contributed by atoms with Crippen molar-refractivity contribution in [3.63, 3.8) is 0 Å². The molecule has 1 N–H and O–H groups in total. The van der Waals surface area contributed by atoms with Crippen molar-refractivity contribution in [1.29, 1.82) is 0 Å². The molecule has 0 radical (unpaired) electrons. The van der Waals surface area contributed by atoms with Gasteiger partial charge in [0, 0.05) is 22.5 Å². The third-order valence-electron chi connectivity index (χ3n) is 4.23. The predicted octanol–water partition coefficient (Wildman–Crippen LogP) is 3.84. The number of nitrogens with one attached hydrogen (secondary N) is 1. The van der Waals surface area contributed by atoms with E-state index in [0.717, 1.165) is 16.7 Å². The number of hydrogen-bond acceptors (Lipinski definition) is 6. The lowest BCUT2D eigenvalue weighted by Crippen LogP contribution is -2.27. The van der Waals surface area contributed by atoms with Gasteiger partial charge in [0.2, 0.25) is 5.91 Å². The molecule has 4 aromatic rings. The molecule has 0 saturated carbocycles. The first-order valence-corrected chi connectivity index (χ1v) is 10.0. The van der Waals surface area contributed by atoms with E-state index in [0.29, 0.717) is 15.3 Å². The molecule has 1 amide bonds. The molecule has 0 aliphatic rings. The van der Waals surface area contributed by atoms with E-state index in [9.17, 15) is 9.59 Å². The molecule has 0 spiro atoms. The van der Waals surface area contributed by atoms with Crippen molar-refractivity contribution in [1.82, 2.24) is 14.5 Å². The molecule has 3 aromatic heterocycles. The van der Waals surface area contributed by atoms with E-state index >= 15 is 0 Å². The molecular weight excluding hydrogens is 380 g/mol. The van der Waals surface area contributed by atoms with Gasteiger partial charge in [-0.1, -0.05) is 23.8 Å². The van der Waals surface area contributed by atoms with Crippen LogP contribution in [0.1, 0.15) is 11.1 Å². The maximum atomic E-state index is 13.0. The van der Waals surface area contributed by atoms with Gasteiger partial charge in [-0.2, -0.15) is 0 Å². The van der Waals surface area contributed by atoms with E-state index in [4.69, 9.17) is 0 Å². The van der Waals surface area contributed by atoms with Gasteiger partial charge in [0.05, 0.1) is 11.7 Å². The van der Waals surface area contributed by atoms with Gasteiger partial charge in [-0.05, 0) is 25.0 Å². The second-order valence-corrected chi connectivity index (χ2v) is 7.96. The van der Waals surface area contributed by atoms with Crippen LogP contribution in [-0.2, 0) is 11.3 Å². The molecule has 1 aromatic carbocycles. The highest BCUT2D eigenvalue weighted by Crippen LogP contribution is 2.32. The highest BCUT2D eigenvalue weighted by Gasteiger charge is 2.16. The number of anilines is 1. The van der Waals surface area contributed by atoms with Crippen molar-refractivity contribution in [3.05, 3.63) is 63.0 Å². The molecule has 4 rings (SSSR count). The maximum Gasteiger partial charge on any atom is 0.263 e. The van der Waals surface area contributed by atoms with E-state index in [1.807, 2.05) is 31.4 Å². The number of carbonyl (C=O) groups is 1. The number of hydrogen-bond donors (Lipinski definition) is 1. The number of amides is 1. The summed E-state index contributed by atoms with van der Waals surface area (Å²) in [6.07, 6.45) is 3.04. The predicted molar refractivity (Wildman–Crippen MR) is 110 cm³/mol. The van der Waals surface area contributed by atoms with Gasteiger partial charge in [0.25, 0.3) is 5.56 Å². The largest absolute Gasteiger partial charge is 0.300 e. The number of thiazole rings is 1. The van der Waals surface area contributed by atoms with Crippen LogP contribution in [0.2, 0.25) is 0 Å². The Kier molecular flexibility index (Phi) is 4.59. The van der Waals surface area contributed by atoms with Crippen LogP contribution >= 0.6 is 22.7 Å². The summed E-state index contributed by atoms with van der Waals surface area (Å²) in [4.78, 5) is 34.3. The Labute approximate surface area is 163 Å². The molecule has 6 nitrogen and oxygen atoms in total. The molecule has 0 unspecified atom stereocenters. The number of benzene rings is 1. The molecule has 0 aliphatic heterocycles. The maximum absolute atomic E-state index is 13.0. The monoisotopic (exact) mass is 396 g/mol. The smallest absolute Gasteiger partial charge is 0.263 e. The van der Waals surface area contributed by atoms with Gasteiger partial charge in [-0.3, -0.25) is 14.2 Å². The van der Waals surface area contributed by atoms with Crippen LogP contribution in [0.5, 0.6) is 0 Å². The third kappa shape index (κ3) is 3.41. The topological polar surface area (TPSA) is 76.9 Å². The molecule has 0 bridgehead atoms. The van der Waals surface area contributed by atoms with Crippen molar-refractivity contribution in [3.8, 4) is 11.1 Å². The highest BCUT2D eigenvalue weighted by molar-refractivity contribution is 7.17. The summed E-state index contributed by atoms with van der Waals surface area (Å²) in [7, 11) is 0. The average molecular weight is 396 g/mol. The van der Waals surface area contributed by atoms with Gasteiger partial charge < -0.3 is 5.32 Å². The average Bonchev–Trinajstić information content (AvgIpc) is 3.27. The van der Waals surface area contributed by atoms with E-state index in [-0.39, 0.29) is 18.0 Å². The van der Waals surface area contributed by atoms with Crippen LogP contribution in [0.4, 0.5) is 5.13 Å². The zero-order valence-electron chi connectivity index (χ0n) is 14.7. The van der Waals surface area contributed by atoms with Crippen molar-refractivity contribution >= 4 is 43.9 Å². The fourth-order valence-corrected chi connectivity index (χ4v) is 4.44. The second-order valence-electron chi connectivity index (χ2n) is 6.21. The zero-order chi connectivity index (χ0) is 19.0. The van der Waals surface area contributed by atoms with Crippen LogP contribution in [0.3, 0.4) is 0 Å². The van der Waals surface area contributed by atoms with Crippen molar-refractivity contribution in [2.75, 3.05) is 5.32 Å². The lowest BCUT2D eigenvalue weighted by molar-refractivity contribution is -0.116. The molecule has 0 aliphatic carbocycles. The first-order valence-electron chi connectivity index (χ1n) is 8.26. The number of fused-ring (bicyclic) bond motifs is 1. The van der Waals surface area contributed by atoms with Gasteiger partial charge >= 0.3 is 0 Å². The number of aryl methyl sites for hydroxylation is 2. The minimum Gasteiger partial charge on any atom is -0.300 e. The van der Waals surface area contributed by atoms with Crippen molar-refractivity contribution < 1.29 is 4.79 Å². The molecule has 8 heteroatoms. The van der Waals surface area contributed by atoms with Gasteiger partial charge in [-0.25, -0.2) is 9.97 Å². The van der Waals surface area contributed by atoms with Crippen molar-refractivity contribution in [2.24, 2.45) is 0 Å². The number of carbonyl (C=O) groups excluding carboxylic acids is 1. The summed E-state index contributed by atoms with van der Waals surface area (Å²) in [5.74, 6) is -0.309. The Balaban J connectivity index is 1.73. The van der Waals surface area contributed by atoms with Crippen LogP contribution < -0.4 is 10.9 Å². The fourth-order valence-electron chi connectivity index (χ4n) is 2.99. The second kappa shape index (κ2) is 7.05. The lowest BCUT2D eigenvalue weighted by atomic mass is 9.99. The fraction of sp³-hybridized carbons (Fsp3) is 0.158. The van der Waals surface area contributed by atoms with Gasteiger partial charge in [-0.15, -0.1) is 22.7 Å². The molecule has 0 atom stereocenters. The molecule has 0 fully saturated rings. The lowest BCUT2D eigenvalue weighted by Gasteiger charge is -2.08. The number of thiophene rings is 1. The normalized spacial score (nSPS) is 11.0. The number of nitrogens with zero attached hydrogens (tertiary/aromatic N) is 3. The Morgan fingerprint density at radius 2 is 2.04 bits per heavy atom. The highest BCUT2D eigenvalue weighted by atomic mass is 32.1. The molecular formula is C19H16N4O2S2. The summed E-state index contributed by atoms with van der Waals surface area (Å²) in [5.41, 5.74) is 3.93. The molecule has 0 saturated heterocycles. The molecule has 136 valence electrons. The van der Waals surface area contributed by atoms with E-state index in [1.165, 1.54) is 39.1 Å². The summed E-state index contributed by atoms with van der Waals surface area (Å²) < 4.78 is 1.34. The molecule has 3 heterocycles. The Bertz CT molecular complexity index is 1190. The van der Waals surface area contributed by atoms with Crippen LogP contribution in [-0.4, -0.2) is 20.4 Å². The Morgan fingerprint density at radius 3 is 2.78 bits per heavy atom. The quantitative estimate of drug-likeness (QED) is 0.569. The van der Waals surface area contributed by atoms with Crippen LogP contribution in [0.15, 0.2) is 46.3 Å².